The van der Waals surface area contributed by atoms with Crippen molar-refractivity contribution in [1.82, 2.24) is 0 Å². The minimum absolute atomic E-state index is 0.133. The summed E-state index contributed by atoms with van der Waals surface area (Å²) in [5.74, 6) is -1.37. The average molecular weight is 321 g/mol. The van der Waals surface area contributed by atoms with E-state index in [2.05, 4.69) is 15.9 Å². The second kappa shape index (κ2) is 5.89. The molecule has 3 nitrogen and oxygen atoms in total. The van der Waals surface area contributed by atoms with E-state index in [4.69, 9.17) is 0 Å². The third-order valence-electron chi connectivity index (χ3n) is 2.98. The van der Waals surface area contributed by atoms with E-state index in [1.54, 1.807) is 12.1 Å². The van der Waals surface area contributed by atoms with E-state index < -0.39 is 11.9 Å². The third-order valence-corrected chi connectivity index (χ3v) is 3.75. The Labute approximate surface area is 119 Å². The lowest BCUT2D eigenvalue weighted by atomic mass is 9.92. The van der Waals surface area contributed by atoms with Crippen molar-refractivity contribution in [3.05, 3.63) is 64.1 Å². The number of halogens is 1. The van der Waals surface area contributed by atoms with Crippen molar-refractivity contribution >= 4 is 21.9 Å². The van der Waals surface area contributed by atoms with E-state index in [-0.39, 0.29) is 5.75 Å². The molecule has 1 atom stereocenters. The predicted molar refractivity (Wildman–Crippen MR) is 76.3 cm³/mol. The Morgan fingerprint density at radius 1 is 1.11 bits per heavy atom. The van der Waals surface area contributed by atoms with Gasteiger partial charge in [-0.3, -0.25) is 4.79 Å². The van der Waals surface area contributed by atoms with Crippen LogP contribution in [-0.2, 0) is 11.2 Å². The van der Waals surface area contributed by atoms with Gasteiger partial charge in [-0.15, -0.1) is 0 Å². The van der Waals surface area contributed by atoms with Crippen LogP contribution in [0.4, 0.5) is 0 Å². The Kier molecular flexibility index (Phi) is 4.22. The quantitative estimate of drug-likeness (QED) is 0.905. The molecule has 19 heavy (non-hydrogen) atoms. The summed E-state index contributed by atoms with van der Waals surface area (Å²) >= 11 is 3.43. The number of aromatic hydroxyl groups is 1. The zero-order chi connectivity index (χ0) is 13.8. The van der Waals surface area contributed by atoms with Crippen LogP contribution < -0.4 is 0 Å². The van der Waals surface area contributed by atoms with Crippen LogP contribution in [0.15, 0.2) is 53.0 Å². The van der Waals surface area contributed by atoms with Crippen LogP contribution >= 0.6 is 15.9 Å². The smallest absolute Gasteiger partial charge is 0.311 e. The van der Waals surface area contributed by atoms with E-state index in [0.29, 0.717) is 12.0 Å². The molecule has 2 rings (SSSR count). The molecule has 1 unspecified atom stereocenters. The van der Waals surface area contributed by atoms with E-state index >= 15 is 0 Å². The number of phenols is 1. The molecule has 2 N–H and O–H groups in total. The fourth-order valence-electron chi connectivity index (χ4n) is 1.94. The standard InChI is InChI=1S/C15H13BrO3/c16-14-4-2-1-3-11(14)9-13(15(18)19)10-5-7-12(17)8-6-10/h1-8,13,17H,9H2,(H,18,19). The highest BCUT2D eigenvalue weighted by atomic mass is 79.9. The number of carboxylic acids is 1. The number of hydrogen-bond acceptors (Lipinski definition) is 2. The number of carbonyl (C=O) groups is 1. The summed E-state index contributed by atoms with van der Waals surface area (Å²) in [5.41, 5.74) is 1.63. The lowest BCUT2D eigenvalue weighted by Crippen LogP contribution is -2.14. The van der Waals surface area contributed by atoms with Crippen LogP contribution in [-0.4, -0.2) is 16.2 Å². The molecular weight excluding hydrogens is 308 g/mol. The monoisotopic (exact) mass is 320 g/mol. The van der Waals surface area contributed by atoms with Crippen molar-refractivity contribution in [2.24, 2.45) is 0 Å². The Morgan fingerprint density at radius 2 is 1.74 bits per heavy atom. The summed E-state index contributed by atoms with van der Waals surface area (Å²) in [6.07, 6.45) is 0.404. The second-order valence-corrected chi connectivity index (χ2v) is 5.13. The highest BCUT2D eigenvalue weighted by molar-refractivity contribution is 9.10. The minimum Gasteiger partial charge on any atom is -0.508 e. The van der Waals surface area contributed by atoms with Crippen LogP contribution in [0.3, 0.4) is 0 Å². The van der Waals surface area contributed by atoms with Crippen LogP contribution in [0.2, 0.25) is 0 Å². The largest absolute Gasteiger partial charge is 0.508 e. The highest BCUT2D eigenvalue weighted by Gasteiger charge is 2.21. The SMILES string of the molecule is O=C(O)C(Cc1ccccc1Br)c1ccc(O)cc1. The van der Waals surface area contributed by atoms with Crippen molar-refractivity contribution in [3.8, 4) is 5.75 Å². The van der Waals surface area contributed by atoms with Gasteiger partial charge in [0.1, 0.15) is 5.75 Å². The van der Waals surface area contributed by atoms with Gasteiger partial charge in [-0.25, -0.2) is 0 Å². The lowest BCUT2D eigenvalue weighted by molar-refractivity contribution is -0.138. The van der Waals surface area contributed by atoms with Crippen LogP contribution in [0, 0.1) is 0 Å². The average Bonchev–Trinajstić information content (AvgIpc) is 2.39. The normalized spacial score (nSPS) is 12.1. The fraction of sp³-hybridized carbons (Fsp3) is 0.133. The van der Waals surface area contributed by atoms with Gasteiger partial charge in [0.2, 0.25) is 0 Å². The van der Waals surface area contributed by atoms with Gasteiger partial charge in [-0.2, -0.15) is 0 Å². The van der Waals surface area contributed by atoms with E-state index in [0.717, 1.165) is 10.0 Å². The summed E-state index contributed by atoms with van der Waals surface area (Å²) in [5, 5.41) is 18.6. The van der Waals surface area contributed by atoms with E-state index in [1.165, 1.54) is 12.1 Å². The molecule has 0 aliphatic carbocycles. The zero-order valence-electron chi connectivity index (χ0n) is 10.1. The molecule has 0 aliphatic heterocycles. The first-order chi connectivity index (χ1) is 9.08. The van der Waals surface area contributed by atoms with Gasteiger partial charge < -0.3 is 10.2 Å². The van der Waals surface area contributed by atoms with Gasteiger partial charge in [0.15, 0.2) is 0 Å². The number of hydrogen-bond donors (Lipinski definition) is 2. The van der Waals surface area contributed by atoms with Crippen molar-refractivity contribution in [2.75, 3.05) is 0 Å². The molecule has 0 fully saturated rings. The number of carboxylic acid groups (broad SMARTS) is 1. The van der Waals surface area contributed by atoms with Crippen LogP contribution in [0.25, 0.3) is 0 Å². The van der Waals surface area contributed by atoms with E-state index in [1.807, 2.05) is 24.3 Å². The zero-order valence-corrected chi connectivity index (χ0v) is 11.7. The first-order valence-electron chi connectivity index (χ1n) is 5.83. The Balaban J connectivity index is 2.29. The minimum atomic E-state index is -0.874. The summed E-state index contributed by atoms with van der Waals surface area (Å²) in [4.78, 5) is 11.4. The lowest BCUT2D eigenvalue weighted by Gasteiger charge is -2.14. The Bertz CT molecular complexity index is 578. The molecule has 0 heterocycles. The molecule has 0 saturated carbocycles. The maximum Gasteiger partial charge on any atom is 0.311 e. The molecule has 0 aliphatic rings. The summed E-state index contributed by atoms with van der Waals surface area (Å²) in [6, 6.07) is 13.9. The molecule has 4 heteroatoms. The van der Waals surface area contributed by atoms with Crippen LogP contribution in [0.1, 0.15) is 17.0 Å². The van der Waals surface area contributed by atoms with Gasteiger partial charge in [0, 0.05) is 4.47 Å². The number of phenolic OH excluding ortho intramolecular Hbond substituents is 1. The molecule has 2 aromatic rings. The van der Waals surface area contributed by atoms with Gasteiger partial charge in [0.05, 0.1) is 5.92 Å². The molecule has 0 bridgehead atoms. The second-order valence-electron chi connectivity index (χ2n) is 4.28. The fourth-order valence-corrected chi connectivity index (χ4v) is 2.38. The van der Waals surface area contributed by atoms with Gasteiger partial charge >= 0.3 is 5.97 Å². The van der Waals surface area contributed by atoms with E-state index in [9.17, 15) is 15.0 Å². The number of rotatable bonds is 4. The summed E-state index contributed by atoms with van der Waals surface area (Å²) < 4.78 is 0.903. The molecule has 98 valence electrons. The van der Waals surface area contributed by atoms with Crippen molar-refractivity contribution in [3.63, 3.8) is 0 Å². The van der Waals surface area contributed by atoms with Crippen molar-refractivity contribution < 1.29 is 15.0 Å². The van der Waals surface area contributed by atoms with Crippen molar-refractivity contribution in [2.45, 2.75) is 12.3 Å². The number of aliphatic carboxylic acids is 1. The first-order valence-corrected chi connectivity index (χ1v) is 6.62. The maximum absolute atomic E-state index is 11.4. The van der Waals surface area contributed by atoms with Gasteiger partial charge in [-0.1, -0.05) is 46.3 Å². The molecule has 2 aromatic carbocycles. The molecule has 0 saturated heterocycles. The molecule has 0 amide bonds. The molecule has 0 radical (unpaired) electrons. The molecule has 0 spiro atoms. The maximum atomic E-state index is 11.4. The van der Waals surface area contributed by atoms with Gasteiger partial charge in [-0.05, 0) is 35.7 Å². The highest BCUT2D eigenvalue weighted by Crippen LogP contribution is 2.26. The molecular formula is C15H13BrO3. The summed E-state index contributed by atoms with van der Waals surface area (Å²) in [7, 11) is 0. The Hall–Kier alpha value is -1.81. The summed E-state index contributed by atoms with van der Waals surface area (Å²) in [6.45, 7) is 0. The van der Waals surface area contributed by atoms with Gasteiger partial charge in [0.25, 0.3) is 0 Å². The topological polar surface area (TPSA) is 57.5 Å². The number of benzene rings is 2. The first kappa shape index (κ1) is 13.6. The van der Waals surface area contributed by atoms with Crippen molar-refractivity contribution in [1.29, 1.82) is 0 Å². The van der Waals surface area contributed by atoms with Crippen LogP contribution in [0.5, 0.6) is 5.75 Å². The predicted octanol–water partition coefficient (Wildman–Crippen LogP) is 3.57. The Morgan fingerprint density at radius 3 is 2.32 bits per heavy atom. The molecule has 0 aromatic heterocycles. The third kappa shape index (κ3) is 3.35.